The van der Waals surface area contributed by atoms with Crippen LogP contribution in [-0.2, 0) is 99.8 Å². The molecule has 0 spiro atoms. The third-order valence-electron chi connectivity index (χ3n) is 11.0. The lowest BCUT2D eigenvalue weighted by Gasteiger charge is -2.50. The molecule has 2 aliphatic rings. The first-order chi connectivity index (χ1) is 39.8. The van der Waals surface area contributed by atoms with E-state index >= 15 is 0 Å². The Morgan fingerprint density at radius 3 is 0.843 bits per heavy atom. The van der Waals surface area contributed by atoms with E-state index in [1.54, 1.807) is 41.5 Å². The summed E-state index contributed by atoms with van der Waals surface area (Å²) < 4.78 is 86.5. The van der Waals surface area contributed by atoms with E-state index in [1.165, 1.54) is 36.5 Å². The van der Waals surface area contributed by atoms with Gasteiger partial charge in [0, 0.05) is 36.5 Å². The van der Waals surface area contributed by atoms with E-state index in [2.05, 4.69) is 0 Å². The first kappa shape index (κ1) is 73.7. The second kappa shape index (κ2) is 42.4. The summed E-state index contributed by atoms with van der Waals surface area (Å²) in [6, 6.07) is 0. The van der Waals surface area contributed by atoms with Gasteiger partial charge in [0.15, 0.2) is 12.6 Å². The largest absolute Gasteiger partial charge is 0.460 e. The minimum atomic E-state index is -1.92. The number of allylic oxidation sites excluding steroid dienone is 6. The molecule has 0 bridgehead atoms. The molecule has 0 aromatic rings. The van der Waals surface area contributed by atoms with Gasteiger partial charge < -0.3 is 112 Å². The molecule has 472 valence electrons. The number of carbonyl (C=O) groups is 6. The number of carbonyl (C=O) groups excluding carboxylic acids is 6. The van der Waals surface area contributed by atoms with Gasteiger partial charge in [-0.3, -0.25) is 0 Å². The lowest BCUT2D eigenvalue weighted by atomic mass is 9.96. The van der Waals surface area contributed by atoms with Crippen LogP contribution in [0.25, 0.3) is 0 Å². The van der Waals surface area contributed by atoms with E-state index in [9.17, 15) is 69.6 Å². The molecule has 0 radical (unpaired) electrons. The highest BCUT2D eigenvalue weighted by atomic mass is 16.8. The number of aliphatic hydroxyl groups is 8. The second-order valence-corrected chi connectivity index (χ2v) is 18.1. The van der Waals surface area contributed by atoms with E-state index < -0.39 is 226 Å². The maximum absolute atomic E-state index is 12.2. The SMILES string of the molecule is CC=CC(=O)OCC(O)COC1O[C@H](CO)[C@@H](O[C@@H]2O[C@H](CO)[C@H](OCC(O)COC(=O)C=CC)[C@H](OCC(O)COC(=O)C=CC)[C@H]2OCC(O)COC(=O)C=CC)[C@H](OCC(O)COC(=O)C=CC)[C@H]1OCC(O)COC(=O)C=CC. The van der Waals surface area contributed by atoms with Crippen molar-refractivity contribution in [1.29, 1.82) is 0 Å². The molecule has 0 aromatic heterocycles. The fourth-order valence-electron chi connectivity index (χ4n) is 7.33. The van der Waals surface area contributed by atoms with Crippen LogP contribution in [0.15, 0.2) is 72.9 Å². The average molecular weight is 1200 g/mol. The molecule has 2 rings (SSSR count). The molecule has 8 N–H and O–H groups in total. The molecule has 83 heavy (non-hydrogen) atoms. The highest BCUT2D eigenvalue weighted by Crippen LogP contribution is 2.35. The van der Waals surface area contributed by atoms with Crippen LogP contribution >= 0.6 is 0 Å². The van der Waals surface area contributed by atoms with Gasteiger partial charge in [0.05, 0.1) is 52.9 Å². The number of hydrogen-bond donors (Lipinski definition) is 8. The van der Waals surface area contributed by atoms with Gasteiger partial charge in [0.2, 0.25) is 0 Å². The van der Waals surface area contributed by atoms with Crippen LogP contribution in [0.4, 0.5) is 0 Å². The van der Waals surface area contributed by atoms with Crippen LogP contribution < -0.4 is 0 Å². The molecule has 2 aliphatic heterocycles. The Bertz CT molecular complexity index is 2080. The fraction of sp³-hybridized carbons (Fsp3) is 0.667. The maximum Gasteiger partial charge on any atom is 0.330 e. The van der Waals surface area contributed by atoms with Gasteiger partial charge in [-0.25, -0.2) is 28.8 Å². The van der Waals surface area contributed by atoms with E-state index in [0.717, 1.165) is 36.5 Å². The Balaban J connectivity index is 2.88. The van der Waals surface area contributed by atoms with Gasteiger partial charge >= 0.3 is 35.8 Å². The number of ether oxygens (including phenoxy) is 15. The molecule has 2 heterocycles. The minimum absolute atomic E-state index is 0.583. The van der Waals surface area contributed by atoms with Crippen LogP contribution in [0.5, 0.6) is 0 Å². The molecule has 0 aromatic carbocycles. The number of aliphatic hydroxyl groups excluding tert-OH is 8. The van der Waals surface area contributed by atoms with Crippen LogP contribution in [0.3, 0.4) is 0 Å². The van der Waals surface area contributed by atoms with Crippen LogP contribution in [0.2, 0.25) is 0 Å². The lowest BCUT2D eigenvalue weighted by Crippen LogP contribution is -2.67. The molecular formula is C54H82O29. The first-order valence-electron chi connectivity index (χ1n) is 26.5. The topological polar surface area (TPSA) is 403 Å². The standard InChI is InChI=1S/C54H82O29/c1-7-13-41(63)69-21-33(57)27-75-47-39(19-55)82-54(52(79-31-37(61)25-73-45(67)17-11-5)49(47)76-28-34(58)22-70-42(64)14-8-2)83-48-40(20-56)81-53(80-32-38(62)26-74-46(68)18-12-6)51(78-30-36(60)24-72-44(66)16-10-4)50(48)77-29-35(59)23-71-43(65)15-9-3/h7-18,33-40,47-62H,19-32H2,1-6H3/t33?,34?,35?,36?,37?,38?,39-,40-,47+,48-,49+,50+,51-,52-,53?,54+/m1/s1. The Morgan fingerprint density at radius 1 is 0.325 bits per heavy atom. The van der Waals surface area contributed by atoms with Crippen LogP contribution in [-0.4, -0.2) is 267 Å². The zero-order chi connectivity index (χ0) is 61.7. The second-order valence-electron chi connectivity index (χ2n) is 18.1. The Hall–Kier alpha value is -5.42. The Labute approximate surface area is 480 Å². The van der Waals surface area contributed by atoms with Crippen molar-refractivity contribution in [1.82, 2.24) is 0 Å². The van der Waals surface area contributed by atoms with E-state index in [-0.39, 0.29) is 0 Å². The molecule has 0 amide bonds. The van der Waals surface area contributed by atoms with Crippen molar-refractivity contribution in [2.45, 2.75) is 140 Å². The van der Waals surface area contributed by atoms with Gasteiger partial charge in [-0.15, -0.1) is 0 Å². The summed E-state index contributed by atoms with van der Waals surface area (Å²) in [5, 5.41) is 88.0. The van der Waals surface area contributed by atoms with Crippen molar-refractivity contribution in [3.63, 3.8) is 0 Å². The summed E-state index contributed by atoms with van der Waals surface area (Å²) in [5.74, 6) is -4.85. The summed E-state index contributed by atoms with van der Waals surface area (Å²) in [6.45, 7) is -0.374. The van der Waals surface area contributed by atoms with Crippen molar-refractivity contribution >= 4 is 35.8 Å². The van der Waals surface area contributed by atoms with Crippen molar-refractivity contribution in [3.8, 4) is 0 Å². The summed E-state index contributed by atoms with van der Waals surface area (Å²) in [6.07, 6.45) is -11.4. The summed E-state index contributed by atoms with van der Waals surface area (Å²) in [4.78, 5) is 72.9. The lowest BCUT2D eigenvalue weighted by molar-refractivity contribution is -0.377. The van der Waals surface area contributed by atoms with Crippen molar-refractivity contribution in [3.05, 3.63) is 72.9 Å². The molecule has 7 unspecified atom stereocenters. The Kier molecular flexibility index (Phi) is 37.6. The molecule has 2 fully saturated rings. The molecule has 16 atom stereocenters. The maximum atomic E-state index is 12.2. The van der Waals surface area contributed by atoms with Crippen LogP contribution in [0.1, 0.15) is 41.5 Å². The van der Waals surface area contributed by atoms with Crippen LogP contribution in [0, 0.1) is 0 Å². The first-order valence-corrected chi connectivity index (χ1v) is 26.5. The molecular weight excluding hydrogens is 1110 g/mol. The third-order valence-corrected chi connectivity index (χ3v) is 11.0. The molecule has 29 nitrogen and oxygen atoms in total. The number of esters is 6. The number of hydrogen-bond acceptors (Lipinski definition) is 29. The van der Waals surface area contributed by atoms with E-state index in [1.807, 2.05) is 0 Å². The predicted octanol–water partition coefficient (Wildman–Crippen LogP) is -2.37. The summed E-state index contributed by atoms with van der Waals surface area (Å²) in [5.41, 5.74) is 0. The normalized spacial score (nSPS) is 25.4. The third kappa shape index (κ3) is 29.3. The molecule has 0 saturated carbocycles. The highest BCUT2D eigenvalue weighted by Gasteiger charge is 2.55. The monoisotopic (exact) mass is 1190 g/mol. The zero-order valence-electron chi connectivity index (χ0n) is 47.2. The molecule has 2 saturated heterocycles. The van der Waals surface area contributed by atoms with Crippen molar-refractivity contribution < 1.29 is 141 Å². The Morgan fingerprint density at radius 2 is 0.554 bits per heavy atom. The molecule has 29 heteroatoms. The predicted molar refractivity (Wildman–Crippen MR) is 282 cm³/mol. The van der Waals surface area contributed by atoms with Crippen molar-refractivity contribution in [2.75, 3.05) is 92.5 Å². The van der Waals surface area contributed by atoms with E-state index in [0.29, 0.717) is 0 Å². The molecule has 0 aliphatic carbocycles. The average Bonchev–Trinajstić information content (AvgIpc) is 3.62. The minimum Gasteiger partial charge on any atom is -0.460 e. The zero-order valence-corrected chi connectivity index (χ0v) is 47.2. The smallest absolute Gasteiger partial charge is 0.330 e. The number of rotatable bonds is 40. The van der Waals surface area contributed by atoms with E-state index in [4.69, 9.17) is 71.1 Å². The van der Waals surface area contributed by atoms with Gasteiger partial charge in [0.1, 0.15) is 125 Å². The summed E-state index contributed by atoms with van der Waals surface area (Å²) in [7, 11) is 0. The quantitative estimate of drug-likeness (QED) is 0.0181. The van der Waals surface area contributed by atoms with Gasteiger partial charge in [-0.1, -0.05) is 36.5 Å². The summed E-state index contributed by atoms with van der Waals surface area (Å²) >= 11 is 0. The van der Waals surface area contributed by atoms with Gasteiger partial charge in [-0.2, -0.15) is 0 Å². The fourth-order valence-corrected chi connectivity index (χ4v) is 7.33. The van der Waals surface area contributed by atoms with Crippen molar-refractivity contribution in [2.24, 2.45) is 0 Å². The van der Waals surface area contributed by atoms with Gasteiger partial charge in [0.25, 0.3) is 0 Å². The highest BCUT2D eigenvalue weighted by molar-refractivity contribution is 5.83. The van der Waals surface area contributed by atoms with Gasteiger partial charge in [-0.05, 0) is 41.5 Å².